The van der Waals surface area contributed by atoms with Gasteiger partial charge in [0.1, 0.15) is 0 Å². The molecule has 0 aliphatic heterocycles. The Bertz CT molecular complexity index is 165. The molecule has 1 aliphatic carbocycles. The van der Waals surface area contributed by atoms with Gasteiger partial charge < -0.3 is 15.6 Å². The highest BCUT2D eigenvalue weighted by Gasteiger charge is 2.27. The summed E-state index contributed by atoms with van der Waals surface area (Å²) in [6.07, 6.45) is 2.72. The maximum Gasteiger partial charge on any atom is 0.395 e. The first kappa shape index (κ1) is 9.54. The third-order valence-electron chi connectivity index (χ3n) is 2.26. The number of carbonyl (C=O) groups excluding carboxylic acids is 1. The topological polar surface area (TPSA) is 64.3 Å². The van der Waals surface area contributed by atoms with Crippen molar-refractivity contribution in [2.45, 2.75) is 25.3 Å². The van der Waals surface area contributed by atoms with E-state index in [4.69, 9.17) is 10.4 Å². The van der Waals surface area contributed by atoms with Gasteiger partial charge in [0.15, 0.2) is 0 Å². The summed E-state index contributed by atoms with van der Waals surface area (Å²) in [7, 11) is 3.14. The molecule has 1 fully saturated rings. The lowest BCUT2D eigenvalue weighted by Gasteiger charge is -2.09. The molecule has 5 heteroatoms. The molecule has 1 saturated carbocycles. The second-order valence-electron chi connectivity index (χ2n) is 3.13. The number of nitrogens with one attached hydrogen (secondary N) is 1. The molecule has 2 unspecified atom stereocenters. The first-order valence-electron chi connectivity index (χ1n) is 4.14. The molecule has 0 heterocycles. The van der Waals surface area contributed by atoms with Crippen LogP contribution in [0.5, 0.6) is 0 Å². The lowest BCUT2D eigenvalue weighted by atomic mass is 10.1. The number of carbonyl (C=O) groups is 1. The van der Waals surface area contributed by atoms with E-state index >= 15 is 0 Å². The van der Waals surface area contributed by atoms with Gasteiger partial charge in [0, 0.05) is 13.0 Å². The average molecular weight is 169 g/mol. The minimum Gasteiger partial charge on any atom is -0.427 e. The largest absolute Gasteiger partial charge is 0.427 e. The first-order valence-corrected chi connectivity index (χ1v) is 4.14. The van der Waals surface area contributed by atoms with Crippen LogP contribution in [0.1, 0.15) is 19.3 Å². The van der Waals surface area contributed by atoms with E-state index < -0.39 is 0 Å². The summed E-state index contributed by atoms with van der Waals surface area (Å²) in [5, 5.41) is 3.06. The van der Waals surface area contributed by atoms with E-state index in [0.29, 0.717) is 6.04 Å². The molecule has 0 aromatic rings. The SMILES string of the molecule is CO[B]NC1CCC(C(N)=O)C1. The van der Waals surface area contributed by atoms with Gasteiger partial charge in [0.2, 0.25) is 5.91 Å². The van der Waals surface area contributed by atoms with Crippen molar-refractivity contribution in [1.82, 2.24) is 5.23 Å². The van der Waals surface area contributed by atoms with Gasteiger partial charge in [0.25, 0.3) is 0 Å². The molecule has 3 N–H and O–H groups in total. The molecule has 0 aromatic carbocycles. The quantitative estimate of drug-likeness (QED) is 0.553. The Morgan fingerprint density at radius 2 is 2.42 bits per heavy atom. The molecule has 0 saturated heterocycles. The van der Waals surface area contributed by atoms with E-state index in [9.17, 15) is 4.79 Å². The lowest BCUT2D eigenvalue weighted by Crippen LogP contribution is -2.32. The van der Waals surface area contributed by atoms with Gasteiger partial charge >= 0.3 is 7.62 Å². The molecule has 67 valence electrons. The first-order chi connectivity index (χ1) is 5.74. The second-order valence-corrected chi connectivity index (χ2v) is 3.13. The Hall–Kier alpha value is -0.545. The summed E-state index contributed by atoms with van der Waals surface area (Å²) >= 11 is 0. The average Bonchev–Trinajstić information content (AvgIpc) is 2.48. The maximum absolute atomic E-state index is 10.8. The van der Waals surface area contributed by atoms with Crippen molar-refractivity contribution in [3.8, 4) is 0 Å². The molecule has 1 radical (unpaired) electrons. The number of amides is 1. The molecule has 1 rings (SSSR count). The third-order valence-corrected chi connectivity index (χ3v) is 2.26. The number of rotatable bonds is 4. The summed E-state index contributed by atoms with van der Waals surface area (Å²) in [6.45, 7) is 0. The van der Waals surface area contributed by atoms with Gasteiger partial charge in [-0.2, -0.15) is 0 Å². The summed E-state index contributed by atoms with van der Waals surface area (Å²) in [5.41, 5.74) is 5.18. The van der Waals surface area contributed by atoms with Crippen LogP contribution in [0.15, 0.2) is 0 Å². The molecule has 0 bridgehead atoms. The molecule has 0 spiro atoms. The minimum absolute atomic E-state index is 0.0488. The number of nitrogens with two attached hydrogens (primary N) is 1. The van der Waals surface area contributed by atoms with Gasteiger partial charge in [-0.05, 0) is 25.3 Å². The van der Waals surface area contributed by atoms with Crippen LogP contribution in [0.3, 0.4) is 0 Å². The molecule has 1 aliphatic rings. The predicted octanol–water partition coefficient (Wildman–Crippen LogP) is -0.589. The van der Waals surface area contributed by atoms with Crippen LogP contribution < -0.4 is 11.0 Å². The highest BCUT2D eigenvalue weighted by Crippen LogP contribution is 2.24. The van der Waals surface area contributed by atoms with Crippen LogP contribution in [0.25, 0.3) is 0 Å². The number of hydrogen-bond donors (Lipinski definition) is 2. The van der Waals surface area contributed by atoms with E-state index in [1.54, 1.807) is 14.7 Å². The van der Waals surface area contributed by atoms with E-state index in [2.05, 4.69) is 5.23 Å². The van der Waals surface area contributed by atoms with E-state index in [1.807, 2.05) is 0 Å². The standard InChI is InChI=1S/C7H14BN2O2/c1-12-8-10-6-3-2-5(4-6)7(9)11/h5-6,10H,2-4H2,1H3,(H2,9,11). The molecular formula is C7H14BN2O2. The maximum atomic E-state index is 10.8. The zero-order valence-electron chi connectivity index (χ0n) is 7.25. The van der Waals surface area contributed by atoms with E-state index in [-0.39, 0.29) is 11.8 Å². The summed E-state index contributed by atoms with van der Waals surface area (Å²) < 4.78 is 4.75. The van der Waals surface area contributed by atoms with Crippen molar-refractivity contribution in [3.05, 3.63) is 0 Å². The fourth-order valence-corrected chi connectivity index (χ4v) is 1.56. The van der Waals surface area contributed by atoms with Crippen molar-refractivity contribution in [2.75, 3.05) is 7.11 Å². The highest BCUT2D eigenvalue weighted by molar-refractivity contribution is 6.23. The van der Waals surface area contributed by atoms with Gasteiger partial charge in [0.05, 0.1) is 0 Å². The third kappa shape index (κ3) is 2.50. The van der Waals surface area contributed by atoms with Gasteiger partial charge in [-0.15, -0.1) is 0 Å². The van der Waals surface area contributed by atoms with E-state index in [0.717, 1.165) is 19.3 Å². The fraction of sp³-hybridized carbons (Fsp3) is 0.857. The summed E-state index contributed by atoms with van der Waals surface area (Å²) in [4.78, 5) is 10.8. The van der Waals surface area contributed by atoms with Crippen molar-refractivity contribution >= 4 is 13.5 Å². The van der Waals surface area contributed by atoms with Crippen LogP contribution in [0.2, 0.25) is 0 Å². The number of hydrogen-bond acceptors (Lipinski definition) is 3. The smallest absolute Gasteiger partial charge is 0.395 e. The second kappa shape index (κ2) is 4.47. The summed E-state index contributed by atoms with van der Waals surface area (Å²) in [6, 6.07) is 0.349. The van der Waals surface area contributed by atoms with Crippen LogP contribution >= 0.6 is 0 Å². The van der Waals surface area contributed by atoms with Crippen molar-refractivity contribution < 1.29 is 9.45 Å². The lowest BCUT2D eigenvalue weighted by molar-refractivity contribution is -0.121. The van der Waals surface area contributed by atoms with Crippen LogP contribution in [-0.4, -0.2) is 26.7 Å². The molecule has 12 heavy (non-hydrogen) atoms. The van der Waals surface area contributed by atoms with Crippen LogP contribution in [0, 0.1) is 5.92 Å². The zero-order valence-corrected chi connectivity index (χ0v) is 7.25. The normalized spacial score (nSPS) is 28.8. The zero-order chi connectivity index (χ0) is 8.97. The molecule has 0 aromatic heterocycles. The Labute approximate surface area is 73.1 Å². The van der Waals surface area contributed by atoms with Crippen molar-refractivity contribution in [2.24, 2.45) is 11.7 Å². The van der Waals surface area contributed by atoms with Crippen LogP contribution in [0.4, 0.5) is 0 Å². The van der Waals surface area contributed by atoms with Crippen molar-refractivity contribution in [1.29, 1.82) is 0 Å². The van der Waals surface area contributed by atoms with Gasteiger partial charge in [-0.25, -0.2) is 0 Å². The molecular weight excluding hydrogens is 155 g/mol. The molecule has 4 nitrogen and oxygen atoms in total. The molecule has 1 amide bonds. The van der Waals surface area contributed by atoms with Gasteiger partial charge in [-0.3, -0.25) is 4.79 Å². The van der Waals surface area contributed by atoms with Crippen LogP contribution in [-0.2, 0) is 9.45 Å². The van der Waals surface area contributed by atoms with Gasteiger partial charge in [-0.1, -0.05) is 0 Å². The minimum atomic E-state index is -0.184. The Balaban J connectivity index is 2.21. The summed E-state index contributed by atoms with van der Waals surface area (Å²) in [5.74, 6) is -0.135. The van der Waals surface area contributed by atoms with Crippen molar-refractivity contribution in [3.63, 3.8) is 0 Å². The highest BCUT2D eigenvalue weighted by atomic mass is 16.4. The Kier molecular flexibility index (Phi) is 3.56. The Morgan fingerprint density at radius 3 is 2.92 bits per heavy atom. The Morgan fingerprint density at radius 1 is 1.67 bits per heavy atom. The molecule has 2 atom stereocenters. The predicted molar refractivity (Wildman–Crippen MR) is 46.2 cm³/mol. The van der Waals surface area contributed by atoms with E-state index in [1.165, 1.54) is 0 Å². The number of primary amides is 1. The monoisotopic (exact) mass is 169 g/mol. The fourth-order valence-electron chi connectivity index (χ4n) is 1.56.